The first-order valence-corrected chi connectivity index (χ1v) is 7.31. The number of rotatable bonds is 1. The third kappa shape index (κ3) is 5.24. The van der Waals surface area contributed by atoms with E-state index >= 15 is 0 Å². The van der Waals surface area contributed by atoms with E-state index in [1.807, 2.05) is 6.92 Å². The highest BCUT2D eigenvalue weighted by atomic mass is 32.2. The summed E-state index contributed by atoms with van der Waals surface area (Å²) in [5, 5.41) is 0. The van der Waals surface area contributed by atoms with Gasteiger partial charge >= 0.3 is 0 Å². The lowest BCUT2D eigenvalue weighted by atomic mass is 10.1. The van der Waals surface area contributed by atoms with Gasteiger partial charge in [-0.25, -0.2) is 0 Å². The van der Waals surface area contributed by atoms with E-state index in [1.165, 1.54) is 23.3 Å². The lowest BCUT2D eigenvalue weighted by Gasteiger charge is -1.95. The van der Waals surface area contributed by atoms with Gasteiger partial charge in [0.2, 0.25) is 0 Å². The topological polar surface area (TPSA) is 54.4 Å². The van der Waals surface area contributed by atoms with Gasteiger partial charge in [0, 0.05) is 0 Å². The Kier molecular flexibility index (Phi) is 5.27. The monoisotopic (exact) mass is 278 g/mol. The van der Waals surface area contributed by atoms with Crippen molar-refractivity contribution in [2.45, 2.75) is 25.7 Å². The van der Waals surface area contributed by atoms with Crippen molar-refractivity contribution in [3.63, 3.8) is 0 Å². The molecule has 2 rings (SSSR count). The van der Waals surface area contributed by atoms with Gasteiger partial charge in [0.05, 0.1) is 4.90 Å². The smallest absolute Gasteiger partial charge is 0.282 e. The predicted octanol–water partition coefficient (Wildman–Crippen LogP) is 3.55. The van der Waals surface area contributed by atoms with Gasteiger partial charge in [0.1, 0.15) is 0 Å². The number of hydrogen-bond donors (Lipinski definition) is 1. The molecule has 19 heavy (non-hydrogen) atoms. The summed E-state index contributed by atoms with van der Waals surface area (Å²) in [5.41, 5.74) is 3.69. The van der Waals surface area contributed by atoms with E-state index in [9.17, 15) is 8.42 Å². The Labute approximate surface area is 114 Å². The van der Waals surface area contributed by atoms with Gasteiger partial charge in [-0.05, 0) is 44.0 Å². The van der Waals surface area contributed by atoms with Crippen LogP contribution in [0.2, 0.25) is 0 Å². The molecule has 2 aromatic carbocycles. The van der Waals surface area contributed by atoms with Crippen LogP contribution in [0.25, 0.3) is 0 Å². The zero-order valence-corrected chi connectivity index (χ0v) is 12.1. The van der Waals surface area contributed by atoms with E-state index in [0.29, 0.717) is 0 Å². The van der Waals surface area contributed by atoms with Gasteiger partial charge in [0.25, 0.3) is 10.1 Å². The molecule has 2 aromatic rings. The van der Waals surface area contributed by atoms with Crippen LogP contribution in [0.1, 0.15) is 16.7 Å². The van der Waals surface area contributed by atoms with Crippen molar-refractivity contribution in [3.05, 3.63) is 65.2 Å². The summed E-state index contributed by atoms with van der Waals surface area (Å²) < 4.78 is 29.6. The molecule has 4 heteroatoms. The fourth-order valence-corrected chi connectivity index (χ4v) is 1.85. The molecule has 102 valence electrons. The largest absolute Gasteiger partial charge is 0.294 e. The molecule has 0 unspecified atom stereocenters. The van der Waals surface area contributed by atoms with Gasteiger partial charge < -0.3 is 0 Å². The first-order chi connectivity index (χ1) is 8.80. The molecule has 1 N–H and O–H groups in total. The summed E-state index contributed by atoms with van der Waals surface area (Å²) >= 11 is 0. The summed E-state index contributed by atoms with van der Waals surface area (Å²) in [6.45, 7) is 6.08. The Morgan fingerprint density at radius 1 is 0.789 bits per heavy atom. The average Bonchev–Trinajstić information content (AvgIpc) is 2.33. The Morgan fingerprint density at radius 3 is 1.53 bits per heavy atom. The van der Waals surface area contributed by atoms with Gasteiger partial charge in [-0.1, -0.05) is 42.0 Å². The Balaban J connectivity index is 0.000000200. The Bertz CT molecular complexity index is 608. The molecular weight excluding hydrogens is 260 g/mol. The number of benzene rings is 2. The van der Waals surface area contributed by atoms with Crippen LogP contribution >= 0.6 is 0 Å². The first-order valence-electron chi connectivity index (χ1n) is 5.87. The second-order valence-corrected chi connectivity index (χ2v) is 5.79. The maximum Gasteiger partial charge on any atom is 0.294 e. The highest BCUT2D eigenvalue weighted by Crippen LogP contribution is 2.08. The highest BCUT2D eigenvalue weighted by Gasteiger charge is 2.06. The number of hydrogen-bond acceptors (Lipinski definition) is 2. The maximum atomic E-state index is 10.5. The van der Waals surface area contributed by atoms with Crippen LogP contribution < -0.4 is 0 Å². The van der Waals surface area contributed by atoms with Gasteiger partial charge in [-0.2, -0.15) is 8.42 Å². The molecule has 0 saturated heterocycles. The molecule has 0 fully saturated rings. The molecule has 0 spiro atoms. The van der Waals surface area contributed by atoms with Crippen LogP contribution in [0.5, 0.6) is 0 Å². The molecule has 0 saturated carbocycles. The third-order valence-electron chi connectivity index (χ3n) is 2.74. The van der Waals surface area contributed by atoms with E-state index in [2.05, 4.69) is 38.1 Å². The van der Waals surface area contributed by atoms with Crippen molar-refractivity contribution in [1.29, 1.82) is 0 Å². The Morgan fingerprint density at radius 2 is 1.21 bits per heavy atom. The van der Waals surface area contributed by atoms with Crippen LogP contribution in [-0.4, -0.2) is 13.0 Å². The Hall–Kier alpha value is -1.65. The van der Waals surface area contributed by atoms with Crippen LogP contribution in [-0.2, 0) is 10.1 Å². The molecule has 0 aliphatic carbocycles. The molecule has 0 aromatic heterocycles. The van der Waals surface area contributed by atoms with E-state index in [0.717, 1.165) is 5.56 Å². The van der Waals surface area contributed by atoms with E-state index in [4.69, 9.17) is 4.55 Å². The minimum absolute atomic E-state index is 0.0666. The molecule has 0 aliphatic heterocycles. The second-order valence-electron chi connectivity index (χ2n) is 4.37. The van der Waals surface area contributed by atoms with Crippen molar-refractivity contribution in [2.24, 2.45) is 0 Å². The average molecular weight is 278 g/mol. The lowest BCUT2D eigenvalue weighted by molar-refractivity contribution is 0.483. The molecule has 0 atom stereocenters. The fourth-order valence-electron chi connectivity index (χ4n) is 1.37. The molecule has 0 aliphatic rings. The van der Waals surface area contributed by atoms with Crippen molar-refractivity contribution in [2.75, 3.05) is 0 Å². The van der Waals surface area contributed by atoms with Gasteiger partial charge in [-0.15, -0.1) is 0 Å². The molecular formula is C15H18O3S. The zero-order chi connectivity index (χ0) is 14.5. The zero-order valence-electron chi connectivity index (χ0n) is 11.3. The first kappa shape index (κ1) is 15.4. The maximum absolute atomic E-state index is 10.5. The minimum Gasteiger partial charge on any atom is -0.282 e. The van der Waals surface area contributed by atoms with Crippen molar-refractivity contribution in [1.82, 2.24) is 0 Å². The fraction of sp³-hybridized carbons (Fsp3) is 0.200. The lowest BCUT2D eigenvalue weighted by Crippen LogP contribution is -1.96. The summed E-state index contributed by atoms with van der Waals surface area (Å²) in [6.07, 6.45) is 0. The summed E-state index contributed by atoms with van der Waals surface area (Å²) in [7, 11) is -4.02. The molecule has 0 bridgehead atoms. The van der Waals surface area contributed by atoms with Crippen LogP contribution in [0.4, 0.5) is 0 Å². The van der Waals surface area contributed by atoms with Crippen molar-refractivity contribution < 1.29 is 13.0 Å². The molecule has 0 heterocycles. The van der Waals surface area contributed by atoms with Crippen LogP contribution in [0.15, 0.2) is 53.4 Å². The van der Waals surface area contributed by atoms with Crippen molar-refractivity contribution >= 4 is 10.1 Å². The van der Waals surface area contributed by atoms with Crippen LogP contribution in [0.3, 0.4) is 0 Å². The van der Waals surface area contributed by atoms with Crippen LogP contribution in [0, 0.1) is 20.8 Å². The van der Waals surface area contributed by atoms with Gasteiger partial charge in [-0.3, -0.25) is 4.55 Å². The van der Waals surface area contributed by atoms with E-state index < -0.39 is 10.1 Å². The standard InChI is InChI=1S/C8H10.C7H8O3S/c1-7-5-3-4-6-8(7)2;1-6-2-4-7(5-3-6)11(8,9)10/h3-6H,1-2H3;2-5H,1H3,(H,8,9,10). The van der Waals surface area contributed by atoms with E-state index in [1.54, 1.807) is 12.1 Å². The normalized spacial score (nSPS) is 10.5. The highest BCUT2D eigenvalue weighted by molar-refractivity contribution is 7.85. The SMILES string of the molecule is Cc1ccc(S(=O)(=O)O)cc1.Cc1ccccc1C. The summed E-state index contributed by atoms with van der Waals surface area (Å²) in [6, 6.07) is 14.3. The second kappa shape index (κ2) is 6.50. The molecule has 3 nitrogen and oxygen atoms in total. The number of aryl methyl sites for hydroxylation is 3. The van der Waals surface area contributed by atoms with E-state index in [-0.39, 0.29) is 4.90 Å². The molecule has 0 radical (unpaired) electrons. The quantitative estimate of drug-likeness (QED) is 0.812. The van der Waals surface area contributed by atoms with Crippen molar-refractivity contribution in [3.8, 4) is 0 Å². The third-order valence-corrected chi connectivity index (χ3v) is 3.61. The molecule has 0 amide bonds. The minimum atomic E-state index is -4.02. The van der Waals surface area contributed by atoms with Gasteiger partial charge in [0.15, 0.2) is 0 Å². The summed E-state index contributed by atoms with van der Waals surface area (Å²) in [5.74, 6) is 0. The summed E-state index contributed by atoms with van der Waals surface area (Å²) in [4.78, 5) is -0.0666. The predicted molar refractivity (Wildman–Crippen MR) is 76.9 cm³/mol.